The third-order valence-electron chi connectivity index (χ3n) is 9.48. The van der Waals surface area contributed by atoms with Crippen LogP contribution in [0.15, 0.2) is 120 Å². The molecule has 2 amide bonds. The average molecular weight is 747 g/mol. The Balaban J connectivity index is 0.000000458. The van der Waals surface area contributed by atoms with Crippen molar-refractivity contribution in [1.29, 1.82) is 0 Å². The molecule has 1 aliphatic heterocycles. The van der Waals surface area contributed by atoms with E-state index in [1.54, 1.807) is 6.92 Å². The lowest BCUT2D eigenvalue weighted by Gasteiger charge is -2.36. The number of hydrogen-bond acceptors (Lipinski definition) is 7. The zero-order valence-corrected chi connectivity index (χ0v) is 34.0. The lowest BCUT2D eigenvalue weighted by Crippen LogP contribution is -2.48. The predicted octanol–water partition coefficient (Wildman–Crippen LogP) is 9.38. The summed E-state index contributed by atoms with van der Waals surface area (Å²) >= 11 is 0. The summed E-state index contributed by atoms with van der Waals surface area (Å²) in [6.07, 6.45) is 3.55. The molecule has 1 aliphatic rings. The minimum absolute atomic E-state index is 0.0625. The number of anilines is 1. The van der Waals surface area contributed by atoms with Gasteiger partial charge in [-0.25, -0.2) is 0 Å². The normalized spacial score (nSPS) is 13.6. The van der Waals surface area contributed by atoms with Gasteiger partial charge in [0.05, 0.1) is 17.2 Å². The van der Waals surface area contributed by atoms with Crippen LogP contribution in [0.3, 0.4) is 0 Å². The van der Waals surface area contributed by atoms with Gasteiger partial charge in [-0.15, -0.1) is 0 Å². The van der Waals surface area contributed by atoms with Crippen molar-refractivity contribution in [2.45, 2.75) is 74.1 Å². The van der Waals surface area contributed by atoms with Gasteiger partial charge in [0.1, 0.15) is 11.5 Å². The highest BCUT2D eigenvalue weighted by molar-refractivity contribution is 6.04. The zero-order valence-electron chi connectivity index (χ0n) is 34.0. The number of aryl methyl sites for hydroxylation is 1. The first kappa shape index (κ1) is 43.8. The Labute approximate surface area is 329 Å². The summed E-state index contributed by atoms with van der Waals surface area (Å²) in [5.74, 6) is 2.47. The summed E-state index contributed by atoms with van der Waals surface area (Å²) in [5, 5.41) is 3.14. The number of amides is 2. The van der Waals surface area contributed by atoms with Crippen LogP contribution in [0.5, 0.6) is 11.5 Å². The third kappa shape index (κ3) is 14.3. The Hall–Kier alpha value is -5.57. The van der Waals surface area contributed by atoms with E-state index in [1.807, 2.05) is 71.6 Å². The molecule has 0 aliphatic carbocycles. The maximum atomic E-state index is 13.5. The number of allylic oxidation sites excluding steroid dienone is 1. The molecule has 1 atom stereocenters. The van der Waals surface area contributed by atoms with Crippen molar-refractivity contribution < 1.29 is 14.3 Å². The number of carbonyl (C=O) groups excluding carboxylic acids is 2. The van der Waals surface area contributed by atoms with Gasteiger partial charge in [0.2, 0.25) is 5.91 Å². The van der Waals surface area contributed by atoms with Crippen LogP contribution in [0, 0.1) is 12.8 Å². The van der Waals surface area contributed by atoms with Crippen molar-refractivity contribution in [3.05, 3.63) is 131 Å². The van der Waals surface area contributed by atoms with Gasteiger partial charge >= 0.3 is 0 Å². The second-order valence-electron chi connectivity index (χ2n) is 13.7. The smallest absolute Gasteiger partial charge is 0.254 e. The van der Waals surface area contributed by atoms with E-state index in [-0.39, 0.29) is 17.7 Å². The SMILES string of the molecule is CCC(C)C(=Nc1cc(C(=O)N2CCN(c3ccccc3)CC2)ccc1C)c1cccc(Oc2ccccc2)c1.CCC(N)=O.CCCN/C(N)=C(\C)CC. The Bertz CT molecular complexity index is 1830. The molecule has 4 aromatic rings. The van der Waals surface area contributed by atoms with Crippen molar-refractivity contribution in [3.8, 4) is 11.5 Å². The van der Waals surface area contributed by atoms with Gasteiger partial charge in [-0.1, -0.05) is 89.2 Å². The molecule has 1 heterocycles. The molecule has 5 N–H and O–H groups in total. The Kier molecular flexibility index (Phi) is 18.5. The summed E-state index contributed by atoms with van der Waals surface area (Å²) in [4.78, 5) is 32.6. The number of aliphatic imine (C=N–C) groups is 1. The number of carbonyl (C=O) groups is 2. The van der Waals surface area contributed by atoms with Gasteiger partial charge < -0.3 is 31.3 Å². The highest BCUT2D eigenvalue weighted by atomic mass is 16.5. The molecule has 9 heteroatoms. The van der Waals surface area contributed by atoms with Crippen LogP contribution in [0.2, 0.25) is 0 Å². The topological polar surface area (TPSA) is 126 Å². The summed E-state index contributed by atoms with van der Waals surface area (Å²) in [6, 6.07) is 34.2. The largest absolute Gasteiger partial charge is 0.457 e. The second kappa shape index (κ2) is 23.3. The summed E-state index contributed by atoms with van der Waals surface area (Å²) in [6.45, 7) is 18.5. The predicted molar refractivity (Wildman–Crippen MR) is 229 cm³/mol. The maximum Gasteiger partial charge on any atom is 0.254 e. The third-order valence-corrected chi connectivity index (χ3v) is 9.48. The van der Waals surface area contributed by atoms with E-state index in [0.717, 1.165) is 78.7 Å². The highest BCUT2D eigenvalue weighted by Crippen LogP contribution is 2.28. The number of rotatable bonds is 13. The number of piperazine rings is 1. The molecule has 294 valence electrons. The number of para-hydroxylation sites is 2. The number of benzene rings is 4. The van der Waals surface area contributed by atoms with Crippen LogP contribution < -0.4 is 26.4 Å². The molecule has 0 bridgehead atoms. The fourth-order valence-electron chi connectivity index (χ4n) is 5.58. The Morgan fingerprint density at radius 2 is 1.40 bits per heavy atom. The van der Waals surface area contributed by atoms with Crippen molar-refractivity contribution in [1.82, 2.24) is 10.2 Å². The molecule has 0 radical (unpaired) electrons. The van der Waals surface area contributed by atoms with Gasteiger partial charge in [-0.05, 0) is 104 Å². The summed E-state index contributed by atoms with van der Waals surface area (Å²) in [7, 11) is 0. The molecule has 0 aromatic heterocycles. The van der Waals surface area contributed by atoms with E-state index in [2.05, 4.69) is 93.9 Å². The minimum atomic E-state index is -0.245. The monoisotopic (exact) mass is 746 g/mol. The molecular weight excluding hydrogens is 685 g/mol. The van der Waals surface area contributed by atoms with Gasteiger partial charge in [0.25, 0.3) is 5.91 Å². The fourth-order valence-corrected chi connectivity index (χ4v) is 5.58. The summed E-state index contributed by atoms with van der Waals surface area (Å²) in [5.41, 5.74) is 17.4. The van der Waals surface area contributed by atoms with Crippen LogP contribution in [-0.2, 0) is 4.79 Å². The maximum absolute atomic E-state index is 13.5. The van der Waals surface area contributed by atoms with E-state index in [4.69, 9.17) is 15.5 Å². The van der Waals surface area contributed by atoms with Gasteiger partial charge in [0, 0.05) is 50.4 Å². The highest BCUT2D eigenvalue weighted by Gasteiger charge is 2.23. The van der Waals surface area contributed by atoms with E-state index in [1.165, 1.54) is 11.3 Å². The number of nitrogens with one attached hydrogen (secondary N) is 1. The van der Waals surface area contributed by atoms with Crippen molar-refractivity contribution in [2.75, 3.05) is 37.6 Å². The number of nitrogens with two attached hydrogens (primary N) is 2. The van der Waals surface area contributed by atoms with Crippen LogP contribution in [-0.4, -0.2) is 55.1 Å². The van der Waals surface area contributed by atoms with E-state index >= 15 is 0 Å². The molecule has 1 fully saturated rings. The standard InChI is InChI=1S/C35H37N3O2.C8H18N2.C3H7NO/c1-4-26(2)34(28-12-11-17-32(24-28)40-31-15-9-6-10-16-31)36-33-25-29(19-18-27(33)3)35(39)38-22-20-37(21-23-38)30-13-7-5-8-14-30;1-4-6-10-8(9)7(3)5-2;1-2-3(4)5/h5-19,24-26H,4,20-23H2,1-3H3;10H,4-6,9H2,1-3H3;2H2,1H3,(H2,4,5)/b;8-7+;. The quantitative estimate of drug-likeness (QED) is 0.117. The lowest BCUT2D eigenvalue weighted by molar-refractivity contribution is -0.117. The van der Waals surface area contributed by atoms with Gasteiger partial charge in [-0.2, -0.15) is 0 Å². The van der Waals surface area contributed by atoms with Crippen molar-refractivity contribution in [2.24, 2.45) is 22.4 Å². The van der Waals surface area contributed by atoms with E-state index in [0.29, 0.717) is 25.1 Å². The number of primary amides is 1. The second-order valence-corrected chi connectivity index (χ2v) is 13.7. The molecule has 1 saturated heterocycles. The van der Waals surface area contributed by atoms with Crippen LogP contribution in [0.1, 0.15) is 88.7 Å². The number of ether oxygens (including phenoxy) is 1. The number of hydrogen-bond donors (Lipinski definition) is 3. The summed E-state index contributed by atoms with van der Waals surface area (Å²) < 4.78 is 6.10. The molecule has 1 unspecified atom stereocenters. The van der Waals surface area contributed by atoms with Crippen LogP contribution in [0.4, 0.5) is 11.4 Å². The molecule has 4 aromatic carbocycles. The Morgan fingerprint density at radius 3 is 1.98 bits per heavy atom. The molecule has 0 saturated carbocycles. The van der Waals surface area contributed by atoms with Crippen LogP contribution in [0.25, 0.3) is 0 Å². The first-order valence-corrected chi connectivity index (χ1v) is 19.6. The first-order valence-electron chi connectivity index (χ1n) is 19.6. The molecule has 55 heavy (non-hydrogen) atoms. The first-order chi connectivity index (χ1) is 26.5. The van der Waals surface area contributed by atoms with Crippen LogP contribution >= 0.6 is 0 Å². The van der Waals surface area contributed by atoms with Crippen molar-refractivity contribution >= 4 is 28.9 Å². The molecule has 9 nitrogen and oxygen atoms in total. The Morgan fingerprint density at radius 1 is 0.782 bits per heavy atom. The average Bonchev–Trinajstić information content (AvgIpc) is 3.22. The fraction of sp³-hybridized carbons (Fsp3) is 0.370. The minimum Gasteiger partial charge on any atom is -0.457 e. The lowest BCUT2D eigenvalue weighted by atomic mass is 9.95. The zero-order chi connectivity index (χ0) is 40.2. The van der Waals surface area contributed by atoms with Gasteiger partial charge in [-0.3, -0.25) is 14.6 Å². The molecule has 5 rings (SSSR count). The number of nitrogens with zero attached hydrogens (tertiary/aromatic N) is 3. The van der Waals surface area contributed by atoms with Gasteiger partial charge in [0.15, 0.2) is 0 Å². The van der Waals surface area contributed by atoms with E-state index < -0.39 is 0 Å². The molecular formula is C46H62N6O3. The molecule has 0 spiro atoms. The van der Waals surface area contributed by atoms with Crippen molar-refractivity contribution in [3.63, 3.8) is 0 Å². The van der Waals surface area contributed by atoms with E-state index in [9.17, 15) is 9.59 Å².